The van der Waals surface area contributed by atoms with E-state index in [-0.39, 0.29) is 11.9 Å². The van der Waals surface area contributed by atoms with E-state index in [0.717, 1.165) is 11.1 Å². The van der Waals surface area contributed by atoms with Gasteiger partial charge in [0.05, 0.1) is 10.9 Å². The van der Waals surface area contributed by atoms with E-state index in [2.05, 4.69) is 15.0 Å². The minimum atomic E-state index is -0.519. The Morgan fingerprint density at radius 1 is 1.04 bits per heavy atom. The second kappa shape index (κ2) is 7.03. The number of nitrogens with two attached hydrogens (primary N) is 2. The number of carbonyl (C=O) groups is 1. The van der Waals surface area contributed by atoms with Crippen LogP contribution in [0.3, 0.4) is 0 Å². The molecule has 0 bridgehead atoms. The Kier molecular flexibility index (Phi) is 4.77. The third-order valence-corrected chi connectivity index (χ3v) is 3.63. The van der Waals surface area contributed by atoms with Crippen LogP contribution in [0.25, 0.3) is 23.2 Å². The summed E-state index contributed by atoms with van der Waals surface area (Å²) in [6.45, 7) is 5.52. The maximum atomic E-state index is 12.1. The lowest BCUT2D eigenvalue weighted by Crippen LogP contribution is -2.23. The predicted molar refractivity (Wildman–Crippen MR) is 107 cm³/mol. The molecule has 2 heterocycles. The van der Waals surface area contributed by atoms with Gasteiger partial charge in [0.15, 0.2) is 5.65 Å². The Labute approximate surface area is 157 Å². The standard InChI is InChI=1S/C20H21N5O2/c1-20(2,3)27-18(26)14-8-6-12(7-9-14)4-5-13-10-15-16(21)24-19(22)25-17(15)23-11-13/h4-11H,1-3H3,(H4,21,22,23,24,25)/b5-4+. The van der Waals surface area contributed by atoms with E-state index in [9.17, 15) is 4.79 Å². The van der Waals surface area contributed by atoms with Gasteiger partial charge in [-0.05, 0) is 50.1 Å². The molecule has 0 saturated carbocycles. The van der Waals surface area contributed by atoms with Crippen LogP contribution in [-0.2, 0) is 4.74 Å². The van der Waals surface area contributed by atoms with Crippen LogP contribution in [0.2, 0.25) is 0 Å². The SMILES string of the molecule is CC(C)(C)OC(=O)c1ccc(/C=C/c2cnc3nc(N)nc(N)c3c2)cc1. The summed E-state index contributed by atoms with van der Waals surface area (Å²) in [5.41, 5.74) is 13.7. The molecule has 7 heteroatoms. The molecule has 3 aromatic rings. The van der Waals surface area contributed by atoms with Crippen molar-refractivity contribution in [2.75, 3.05) is 11.5 Å². The quantitative estimate of drug-likeness (QED) is 0.685. The van der Waals surface area contributed by atoms with Crippen LogP contribution < -0.4 is 11.5 Å². The lowest BCUT2D eigenvalue weighted by atomic mass is 10.1. The van der Waals surface area contributed by atoms with Crippen molar-refractivity contribution >= 4 is 40.9 Å². The highest BCUT2D eigenvalue weighted by molar-refractivity contribution is 5.90. The summed E-state index contributed by atoms with van der Waals surface area (Å²) in [4.78, 5) is 24.3. The molecule has 138 valence electrons. The molecule has 0 amide bonds. The molecule has 27 heavy (non-hydrogen) atoms. The molecular formula is C20H21N5O2. The Balaban J connectivity index is 1.78. The van der Waals surface area contributed by atoms with Crippen LogP contribution in [0.5, 0.6) is 0 Å². The maximum absolute atomic E-state index is 12.1. The first-order valence-corrected chi connectivity index (χ1v) is 8.41. The number of nitrogens with zero attached hydrogens (tertiary/aromatic N) is 3. The third-order valence-electron chi connectivity index (χ3n) is 3.63. The van der Waals surface area contributed by atoms with Crippen LogP contribution in [-0.4, -0.2) is 26.5 Å². The summed E-state index contributed by atoms with van der Waals surface area (Å²) in [5, 5.41) is 0.645. The van der Waals surface area contributed by atoms with Crippen molar-refractivity contribution in [2.24, 2.45) is 0 Å². The fourth-order valence-electron chi connectivity index (χ4n) is 2.42. The van der Waals surface area contributed by atoms with Gasteiger partial charge < -0.3 is 16.2 Å². The van der Waals surface area contributed by atoms with Gasteiger partial charge in [0.25, 0.3) is 0 Å². The van der Waals surface area contributed by atoms with Crippen molar-refractivity contribution in [1.29, 1.82) is 0 Å². The first kappa shape index (κ1) is 18.3. The number of aromatic nitrogens is 3. The number of hydrogen-bond acceptors (Lipinski definition) is 7. The van der Waals surface area contributed by atoms with E-state index in [1.807, 2.05) is 51.1 Å². The number of esters is 1. The van der Waals surface area contributed by atoms with Gasteiger partial charge in [0.1, 0.15) is 11.4 Å². The molecule has 1 aromatic carbocycles. The molecule has 3 rings (SSSR count). The van der Waals surface area contributed by atoms with Gasteiger partial charge in [-0.3, -0.25) is 0 Å². The van der Waals surface area contributed by atoms with E-state index in [1.54, 1.807) is 18.3 Å². The minimum Gasteiger partial charge on any atom is -0.456 e. The molecule has 0 spiro atoms. The smallest absolute Gasteiger partial charge is 0.338 e. The van der Waals surface area contributed by atoms with E-state index in [1.165, 1.54) is 0 Å². The zero-order chi connectivity index (χ0) is 19.6. The number of benzene rings is 1. The topological polar surface area (TPSA) is 117 Å². The van der Waals surface area contributed by atoms with E-state index in [0.29, 0.717) is 22.4 Å². The molecule has 0 atom stereocenters. The summed E-state index contributed by atoms with van der Waals surface area (Å²) < 4.78 is 5.36. The molecule has 0 aliphatic heterocycles. The van der Waals surface area contributed by atoms with Crippen molar-refractivity contribution in [2.45, 2.75) is 26.4 Å². The van der Waals surface area contributed by atoms with Crippen molar-refractivity contribution in [3.63, 3.8) is 0 Å². The molecule has 4 N–H and O–H groups in total. The van der Waals surface area contributed by atoms with Gasteiger partial charge >= 0.3 is 5.97 Å². The number of nitrogen functional groups attached to an aromatic ring is 2. The number of anilines is 2. The first-order valence-electron chi connectivity index (χ1n) is 8.41. The zero-order valence-corrected chi connectivity index (χ0v) is 15.4. The van der Waals surface area contributed by atoms with Gasteiger partial charge in [-0.1, -0.05) is 24.3 Å². The average Bonchev–Trinajstić information content (AvgIpc) is 2.59. The van der Waals surface area contributed by atoms with Crippen LogP contribution in [0, 0.1) is 0 Å². The molecule has 2 aromatic heterocycles. The molecule has 0 radical (unpaired) electrons. The lowest BCUT2D eigenvalue weighted by Gasteiger charge is -2.19. The molecular weight excluding hydrogens is 342 g/mol. The van der Waals surface area contributed by atoms with Crippen molar-refractivity contribution < 1.29 is 9.53 Å². The minimum absolute atomic E-state index is 0.0980. The Morgan fingerprint density at radius 3 is 2.37 bits per heavy atom. The molecule has 0 aliphatic rings. The van der Waals surface area contributed by atoms with Gasteiger partial charge in [0.2, 0.25) is 5.95 Å². The predicted octanol–water partition coefficient (Wildman–Crippen LogP) is 3.31. The average molecular weight is 363 g/mol. The zero-order valence-electron chi connectivity index (χ0n) is 15.4. The highest BCUT2D eigenvalue weighted by atomic mass is 16.6. The summed E-state index contributed by atoms with van der Waals surface area (Å²) in [6.07, 6.45) is 5.49. The van der Waals surface area contributed by atoms with Gasteiger partial charge in [-0.25, -0.2) is 9.78 Å². The first-order chi connectivity index (χ1) is 12.7. The Morgan fingerprint density at radius 2 is 1.70 bits per heavy atom. The molecule has 0 saturated heterocycles. The van der Waals surface area contributed by atoms with Crippen LogP contribution in [0.15, 0.2) is 36.5 Å². The summed E-state index contributed by atoms with van der Waals surface area (Å²) >= 11 is 0. The number of rotatable bonds is 3. The Hall–Kier alpha value is -3.48. The number of fused-ring (bicyclic) bond motifs is 1. The summed E-state index contributed by atoms with van der Waals surface area (Å²) in [7, 11) is 0. The van der Waals surface area contributed by atoms with Gasteiger partial charge in [0, 0.05) is 6.20 Å². The van der Waals surface area contributed by atoms with Crippen molar-refractivity contribution in [3.05, 3.63) is 53.2 Å². The fraction of sp³-hybridized carbons (Fsp3) is 0.200. The second-order valence-corrected chi connectivity index (χ2v) is 7.06. The summed E-state index contributed by atoms with van der Waals surface area (Å²) in [5.74, 6) is 0.0503. The molecule has 7 nitrogen and oxygen atoms in total. The lowest BCUT2D eigenvalue weighted by molar-refractivity contribution is 0.00695. The van der Waals surface area contributed by atoms with Crippen LogP contribution in [0.1, 0.15) is 42.3 Å². The largest absolute Gasteiger partial charge is 0.456 e. The summed E-state index contributed by atoms with van der Waals surface area (Å²) in [6, 6.07) is 9.02. The van der Waals surface area contributed by atoms with Crippen LogP contribution in [0.4, 0.5) is 11.8 Å². The molecule has 0 aliphatic carbocycles. The van der Waals surface area contributed by atoms with Crippen molar-refractivity contribution in [1.82, 2.24) is 15.0 Å². The highest BCUT2D eigenvalue weighted by Crippen LogP contribution is 2.19. The number of ether oxygens (including phenoxy) is 1. The van der Waals surface area contributed by atoms with E-state index in [4.69, 9.17) is 16.2 Å². The van der Waals surface area contributed by atoms with E-state index < -0.39 is 5.60 Å². The number of hydrogen-bond donors (Lipinski definition) is 2. The van der Waals surface area contributed by atoms with Gasteiger partial charge in [-0.2, -0.15) is 9.97 Å². The monoisotopic (exact) mass is 363 g/mol. The highest BCUT2D eigenvalue weighted by Gasteiger charge is 2.17. The number of carbonyl (C=O) groups excluding carboxylic acids is 1. The fourth-order valence-corrected chi connectivity index (χ4v) is 2.42. The van der Waals surface area contributed by atoms with Crippen molar-refractivity contribution in [3.8, 4) is 0 Å². The molecule has 0 fully saturated rings. The van der Waals surface area contributed by atoms with Crippen LogP contribution >= 0.6 is 0 Å². The number of pyridine rings is 1. The third kappa shape index (κ3) is 4.58. The van der Waals surface area contributed by atoms with E-state index >= 15 is 0 Å². The Bertz CT molecular complexity index is 1020. The van der Waals surface area contributed by atoms with Gasteiger partial charge in [-0.15, -0.1) is 0 Å². The normalized spacial score (nSPS) is 11.8. The maximum Gasteiger partial charge on any atom is 0.338 e. The molecule has 0 unspecified atom stereocenters. The second-order valence-electron chi connectivity index (χ2n) is 7.06.